The molecule has 3 aromatic rings. The molecule has 190 valence electrons. The number of halogens is 4. The second-order valence-electron chi connectivity index (χ2n) is 8.46. The molecule has 2 heterocycles. The fourth-order valence-electron chi connectivity index (χ4n) is 4.22. The highest BCUT2D eigenvalue weighted by molar-refractivity contribution is 6.34. The summed E-state index contributed by atoms with van der Waals surface area (Å²) in [6, 6.07) is 12.3. The van der Waals surface area contributed by atoms with Gasteiger partial charge in [-0.2, -0.15) is 13.2 Å². The lowest BCUT2D eigenvalue weighted by molar-refractivity contribution is -0.137. The first-order chi connectivity index (χ1) is 17.2. The Kier molecular flexibility index (Phi) is 9.61. The van der Waals surface area contributed by atoms with Crippen LogP contribution in [0.25, 0.3) is 11.3 Å². The third-order valence-corrected chi connectivity index (χ3v) is 6.35. The van der Waals surface area contributed by atoms with Gasteiger partial charge in [-0.25, -0.2) is 0 Å². The summed E-state index contributed by atoms with van der Waals surface area (Å²) in [5.41, 5.74) is 6.91. The van der Waals surface area contributed by atoms with Gasteiger partial charge in [0.1, 0.15) is 0 Å². The van der Waals surface area contributed by atoms with Crippen LogP contribution >= 0.6 is 11.6 Å². The Labute approximate surface area is 213 Å². The van der Waals surface area contributed by atoms with E-state index in [0.717, 1.165) is 42.4 Å². The number of alkyl halides is 3. The Hall–Kier alpha value is -3.23. The number of amides is 1. The van der Waals surface area contributed by atoms with Crippen molar-refractivity contribution in [3.8, 4) is 11.3 Å². The van der Waals surface area contributed by atoms with E-state index in [4.69, 9.17) is 17.3 Å². The lowest BCUT2D eigenvalue weighted by Gasteiger charge is -2.35. The van der Waals surface area contributed by atoms with Crippen LogP contribution < -0.4 is 5.73 Å². The van der Waals surface area contributed by atoms with Gasteiger partial charge in [-0.3, -0.25) is 19.7 Å². The Morgan fingerprint density at radius 3 is 2.64 bits per heavy atom. The molecule has 1 aliphatic heterocycles. The molecule has 2 aromatic carbocycles. The first-order valence-electron chi connectivity index (χ1n) is 11.6. The van der Waals surface area contributed by atoms with Crippen LogP contribution in [0.5, 0.6) is 0 Å². The van der Waals surface area contributed by atoms with E-state index in [0.29, 0.717) is 6.04 Å². The topological polar surface area (TPSA) is 72.1 Å². The molecule has 1 unspecified atom stereocenters. The van der Waals surface area contributed by atoms with Crippen LogP contribution in [0.2, 0.25) is 5.02 Å². The maximum absolute atomic E-state index is 12.3. The molecule has 36 heavy (non-hydrogen) atoms. The number of nitrogens with zero attached hydrogens (tertiary/aromatic N) is 3. The fraction of sp³-hybridized carbons (Fsp3) is 0.296. The summed E-state index contributed by atoms with van der Waals surface area (Å²) in [6.07, 6.45) is 7.75. The number of hydrogen-bond acceptors (Lipinski definition) is 4. The van der Waals surface area contributed by atoms with Crippen molar-refractivity contribution in [3.05, 3.63) is 95.4 Å². The summed E-state index contributed by atoms with van der Waals surface area (Å²) in [5.74, 6) is -0.985. The summed E-state index contributed by atoms with van der Waals surface area (Å²) in [7, 11) is 0. The van der Waals surface area contributed by atoms with E-state index >= 15 is 0 Å². The molecule has 1 fully saturated rings. The van der Waals surface area contributed by atoms with Gasteiger partial charge in [0.2, 0.25) is 5.91 Å². The van der Waals surface area contributed by atoms with Gasteiger partial charge in [0.25, 0.3) is 0 Å². The van der Waals surface area contributed by atoms with E-state index < -0.39 is 22.7 Å². The van der Waals surface area contributed by atoms with Crippen LogP contribution in [0.1, 0.15) is 40.7 Å². The molecule has 0 radical (unpaired) electrons. The molecule has 1 aromatic heterocycles. The van der Waals surface area contributed by atoms with E-state index in [1.54, 1.807) is 12.4 Å². The van der Waals surface area contributed by atoms with Gasteiger partial charge in [0, 0.05) is 30.5 Å². The summed E-state index contributed by atoms with van der Waals surface area (Å²) >= 11 is 5.37. The smallest absolute Gasteiger partial charge is 0.366 e. The maximum Gasteiger partial charge on any atom is 0.417 e. The molecule has 0 spiro atoms. The number of piperidine rings is 1. The van der Waals surface area contributed by atoms with Crippen LogP contribution in [-0.2, 0) is 12.6 Å². The first kappa shape index (κ1) is 27.4. The highest BCUT2D eigenvalue weighted by Gasteiger charge is 2.34. The fourth-order valence-corrected chi connectivity index (χ4v) is 4.54. The summed E-state index contributed by atoms with van der Waals surface area (Å²) in [6.45, 7) is 6.08. The molecule has 2 N–H and O–H groups in total. The van der Waals surface area contributed by atoms with Crippen molar-refractivity contribution < 1.29 is 18.0 Å². The minimum Gasteiger partial charge on any atom is -0.366 e. The predicted molar refractivity (Wildman–Crippen MR) is 136 cm³/mol. The SMILES string of the molecule is C=CCN1CCCCC1Cc1cccc(-c2cnccn2)c1.NC(=O)c1cccc(C(F)(F)F)c1Cl. The van der Waals surface area contributed by atoms with Crippen molar-refractivity contribution in [2.24, 2.45) is 5.73 Å². The van der Waals surface area contributed by atoms with Crippen molar-refractivity contribution in [2.45, 2.75) is 37.9 Å². The van der Waals surface area contributed by atoms with Crippen molar-refractivity contribution in [1.29, 1.82) is 0 Å². The van der Waals surface area contributed by atoms with Crippen molar-refractivity contribution in [3.63, 3.8) is 0 Å². The lowest BCUT2D eigenvalue weighted by atomic mass is 9.94. The van der Waals surface area contributed by atoms with E-state index in [1.807, 2.05) is 12.3 Å². The second-order valence-corrected chi connectivity index (χ2v) is 8.84. The quantitative estimate of drug-likeness (QED) is 0.397. The van der Waals surface area contributed by atoms with Crippen LogP contribution in [0, 0.1) is 0 Å². The Morgan fingerprint density at radius 1 is 1.19 bits per heavy atom. The molecule has 0 aliphatic carbocycles. The zero-order valence-corrected chi connectivity index (χ0v) is 20.5. The molecule has 1 amide bonds. The Bertz CT molecular complexity index is 1170. The number of carbonyl (C=O) groups is 1. The minimum atomic E-state index is -4.58. The van der Waals surface area contributed by atoms with Gasteiger partial charge in [-0.05, 0) is 49.6 Å². The van der Waals surface area contributed by atoms with Gasteiger partial charge >= 0.3 is 6.18 Å². The number of aromatic nitrogens is 2. The minimum absolute atomic E-state index is 0.332. The van der Waals surface area contributed by atoms with Gasteiger partial charge in [0.15, 0.2) is 0 Å². The molecular weight excluding hydrogens is 489 g/mol. The molecule has 0 saturated carbocycles. The van der Waals surface area contributed by atoms with Crippen LogP contribution in [0.4, 0.5) is 13.2 Å². The number of benzene rings is 2. The Morgan fingerprint density at radius 2 is 1.97 bits per heavy atom. The molecule has 0 bridgehead atoms. The highest BCUT2D eigenvalue weighted by atomic mass is 35.5. The second kappa shape index (κ2) is 12.6. The van der Waals surface area contributed by atoms with E-state index in [9.17, 15) is 18.0 Å². The lowest BCUT2D eigenvalue weighted by Crippen LogP contribution is -2.40. The first-order valence-corrected chi connectivity index (χ1v) is 11.9. The average molecular weight is 517 g/mol. The maximum atomic E-state index is 12.3. The van der Waals surface area contributed by atoms with Crippen LogP contribution in [-0.4, -0.2) is 39.9 Å². The summed E-state index contributed by atoms with van der Waals surface area (Å²) in [4.78, 5) is 21.8. The third-order valence-electron chi connectivity index (χ3n) is 5.94. The van der Waals surface area contributed by atoms with Gasteiger partial charge in [-0.1, -0.05) is 48.4 Å². The molecule has 5 nitrogen and oxygen atoms in total. The molecule has 4 rings (SSSR count). The molecule has 1 atom stereocenters. The van der Waals surface area contributed by atoms with E-state index in [1.165, 1.54) is 31.4 Å². The standard InChI is InChI=1S/C19H23N3.C8H5ClF3NO/c1-2-11-22-12-4-3-8-18(22)14-16-6-5-7-17(13-16)19-15-20-9-10-21-19;9-6-4(7(13)14)2-1-3-5(6)8(10,11)12/h2,5-7,9-10,13,15,18H,1,3-4,8,11-12,14H2;1-3H,(H2,13,14). The van der Waals surface area contributed by atoms with Crippen molar-refractivity contribution >= 4 is 17.5 Å². The summed E-state index contributed by atoms with van der Waals surface area (Å²) in [5, 5.41) is -0.660. The van der Waals surface area contributed by atoms with Crippen LogP contribution in [0.3, 0.4) is 0 Å². The number of nitrogens with two attached hydrogens (primary N) is 1. The number of rotatable bonds is 6. The zero-order valence-electron chi connectivity index (χ0n) is 19.7. The molecule has 1 saturated heterocycles. The highest BCUT2D eigenvalue weighted by Crippen LogP contribution is 2.36. The number of primary amides is 1. The van der Waals surface area contributed by atoms with Crippen LogP contribution in [0.15, 0.2) is 73.7 Å². The third kappa shape index (κ3) is 7.38. The monoisotopic (exact) mass is 516 g/mol. The Balaban J connectivity index is 0.000000223. The van der Waals surface area contributed by atoms with Gasteiger partial charge in [0.05, 0.1) is 28.0 Å². The average Bonchev–Trinajstić information content (AvgIpc) is 2.86. The molecule has 1 aliphatic rings. The van der Waals surface area contributed by atoms with E-state index in [2.05, 4.69) is 45.7 Å². The molecular formula is C27H28ClF3N4O. The number of hydrogen-bond donors (Lipinski definition) is 1. The molecule has 9 heteroatoms. The largest absolute Gasteiger partial charge is 0.417 e. The van der Waals surface area contributed by atoms with Crippen molar-refractivity contribution in [2.75, 3.05) is 13.1 Å². The zero-order chi connectivity index (χ0) is 26.1. The normalized spacial score (nSPS) is 16.1. The van der Waals surface area contributed by atoms with E-state index in [-0.39, 0.29) is 5.56 Å². The van der Waals surface area contributed by atoms with Gasteiger partial charge < -0.3 is 5.73 Å². The predicted octanol–water partition coefficient (Wildman–Crippen LogP) is 6.18. The number of carbonyl (C=O) groups excluding carboxylic acids is 1. The van der Waals surface area contributed by atoms with Gasteiger partial charge in [-0.15, -0.1) is 6.58 Å². The van der Waals surface area contributed by atoms with Crippen molar-refractivity contribution in [1.82, 2.24) is 14.9 Å². The number of likely N-dealkylation sites (tertiary alicyclic amines) is 1. The summed E-state index contributed by atoms with van der Waals surface area (Å²) < 4.78 is 36.8.